The Balaban J connectivity index is 1.76. The van der Waals surface area contributed by atoms with E-state index in [1.807, 2.05) is 6.07 Å². The van der Waals surface area contributed by atoms with Gasteiger partial charge in [-0.1, -0.05) is 53.5 Å². The third kappa shape index (κ3) is 5.73. The molecule has 0 spiro atoms. The topological polar surface area (TPSA) is 66.5 Å². The lowest BCUT2D eigenvalue weighted by atomic mass is 10.1. The van der Waals surface area contributed by atoms with E-state index in [0.29, 0.717) is 27.0 Å². The molecule has 0 heterocycles. The number of nitrogens with zero attached hydrogens (tertiary/aromatic N) is 1. The van der Waals surface area contributed by atoms with Gasteiger partial charge in [-0.25, -0.2) is 8.42 Å². The highest BCUT2D eigenvalue weighted by molar-refractivity contribution is 7.92. The molecule has 0 fully saturated rings. The standard InChI is InChI=1S/C21H18Cl2N2O3S/c1-29(27,28)25(20-5-3-2-4-6-20)14-15-7-9-16(10-8-15)21(26)24-19-12-17(22)11-18(23)13-19/h2-13H,14H2,1H3,(H,24,26). The Morgan fingerprint density at radius 2 is 1.52 bits per heavy atom. The van der Waals surface area contributed by atoms with Gasteiger partial charge in [0.05, 0.1) is 18.5 Å². The number of sulfonamides is 1. The molecular formula is C21H18Cl2N2O3S. The van der Waals surface area contributed by atoms with E-state index >= 15 is 0 Å². The second-order valence-corrected chi connectivity index (χ2v) is 9.19. The molecule has 8 heteroatoms. The lowest BCUT2D eigenvalue weighted by Crippen LogP contribution is -2.29. The van der Waals surface area contributed by atoms with Crippen molar-refractivity contribution in [2.24, 2.45) is 0 Å². The number of halogens is 2. The van der Waals surface area contributed by atoms with Crippen LogP contribution in [0.3, 0.4) is 0 Å². The molecule has 0 radical (unpaired) electrons. The maximum Gasteiger partial charge on any atom is 0.255 e. The molecule has 0 aliphatic carbocycles. The molecule has 0 aliphatic heterocycles. The van der Waals surface area contributed by atoms with E-state index in [1.165, 1.54) is 4.31 Å². The van der Waals surface area contributed by atoms with E-state index in [-0.39, 0.29) is 12.5 Å². The van der Waals surface area contributed by atoms with E-state index in [0.717, 1.165) is 11.8 Å². The van der Waals surface area contributed by atoms with Gasteiger partial charge in [-0.05, 0) is 48.0 Å². The maximum atomic E-state index is 12.4. The minimum Gasteiger partial charge on any atom is -0.322 e. The number of benzene rings is 3. The highest BCUT2D eigenvalue weighted by Gasteiger charge is 2.18. The summed E-state index contributed by atoms with van der Waals surface area (Å²) in [5, 5.41) is 3.58. The number of rotatable bonds is 6. The molecule has 3 aromatic rings. The van der Waals surface area contributed by atoms with Gasteiger partial charge in [0.2, 0.25) is 10.0 Å². The minimum atomic E-state index is -3.46. The van der Waals surface area contributed by atoms with Crippen LogP contribution in [0.15, 0.2) is 72.8 Å². The van der Waals surface area contributed by atoms with E-state index in [2.05, 4.69) is 5.32 Å². The van der Waals surface area contributed by atoms with Crippen molar-refractivity contribution in [1.82, 2.24) is 0 Å². The maximum absolute atomic E-state index is 12.4. The third-order valence-electron chi connectivity index (χ3n) is 4.11. The van der Waals surface area contributed by atoms with Crippen LogP contribution in [-0.2, 0) is 16.6 Å². The van der Waals surface area contributed by atoms with Crippen molar-refractivity contribution in [3.63, 3.8) is 0 Å². The van der Waals surface area contributed by atoms with Crippen LogP contribution in [0.25, 0.3) is 0 Å². The van der Waals surface area contributed by atoms with Gasteiger partial charge in [0.1, 0.15) is 0 Å². The normalized spacial score (nSPS) is 11.1. The fraction of sp³-hybridized carbons (Fsp3) is 0.0952. The van der Waals surface area contributed by atoms with E-state index in [4.69, 9.17) is 23.2 Å². The van der Waals surface area contributed by atoms with E-state index < -0.39 is 10.0 Å². The monoisotopic (exact) mass is 448 g/mol. The SMILES string of the molecule is CS(=O)(=O)N(Cc1ccc(C(=O)Nc2cc(Cl)cc(Cl)c2)cc1)c1ccccc1. The summed E-state index contributed by atoms with van der Waals surface area (Å²) in [6.45, 7) is 0.161. The number of hydrogen-bond donors (Lipinski definition) is 1. The number of nitrogens with one attached hydrogen (secondary N) is 1. The highest BCUT2D eigenvalue weighted by Crippen LogP contribution is 2.23. The fourth-order valence-electron chi connectivity index (χ4n) is 2.75. The van der Waals surface area contributed by atoms with Gasteiger partial charge < -0.3 is 5.32 Å². The largest absolute Gasteiger partial charge is 0.322 e. The summed E-state index contributed by atoms with van der Waals surface area (Å²) < 4.78 is 25.7. The van der Waals surface area contributed by atoms with Gasteiger partial charge in [-0.3, -0.25) is 9.10 Å². The summed E-state index contributed by atoms with van der Waals surface area (Å²) >= 11 is 11.9. The van der Waals surface area contributed by atoms with Crippen molar-refractivity contribution < 1.29 is 13.2 Å². The Hall–Kier alpha value is -2.54. The molecule has 1 amide bonds. The van der Waals surface area contributed by atoms with E-state index in [9.17, 15) is 13.2 Å². The first-order valence-electron chi connectivity index (χ1n) is 8.61. The number of para-hydroxylation sites is 1. The van der Waals surface area contributed by atoms with Crippen LogP contribution in [-0.4, -0.2) is 20.6 Å². The van der Waals surface area contributed by atoms with Crippen LogP contribution in [0.4, 0.5) is 11.4 Å². The zero-order valence-corrected chi connectivity index (χ0v) is 17.8. The molecule has 0 saturated carbocycles. The van der Waals surface area contributed by atoms with Crippen LogP contribution in [0.1, 0.15) is 15.9 Å². The van der Waals surface area contributed by atoms with Crippen LogP contribution < -0.4 is 9.62 Å². The molecule has 5 nitrogen and oxygen atoms in total. The second-order valence-electron chi connectivity index (χ2n) is 6.41. The molecule has 1 N–H and O–H groups in total. The zero-order valence-electron chi connectivity index (χ0n) is 15.5. The Morgan fingerprint density at radius 1 is 0.931 bits per heavy atom. The smallest absolute Gasteiger partial charge is 0.255 e. The van der Waals surface area contributed by atoms with Gasteiger partial charge in [0.15, 0.2) is 0 Å². The summed E-state index contributed by atoms with van der Waals surface area (Å²) in [7, 11) is -3.46. The summed E-state index contributed by atoms with van der Waals surface area (Å²) in [5.74, 6) is -0.321. The van der Waals surface area contributed by atoms with E-state index in [1.54, 1.807) is 66.7 Å². The lowest BCUT2D eigenvalue weighted by Gasteiger charge is -2.22. The molecule has 3 rings (SSSR count). The lowest BCUT2D eigenvalue weighted by molar-refractivity contribution is 0.102. The number of carbonyl (C=O) groups is 1. The number of hydrogen-bond acceptors (Lipinski definition) is 3. The molecule has 0 bridgehead atoms. The molecule has 0 aromatic heterocycles. The first-order chi connectivity index (χ1) is 13.7. The number of anilines is 2. The Kier molecular flexibility index (Phi) is 6.47. The van der Waals surface area contributed by atoms with Crippen molar-refractivity contribution in [2.45, 2.75) is 6.54 Å². The Morgan fingerprint density at radius 3 is 2.07 bits per heavy atom. The Bertz CT molecular complexity index is 1100. The molecule has 0 saturated heterocycles. The van der Waals surface area contributed by atoms with Crippen LogP contribution in [0, 0.1) is 0 Å². The van der Waals surface area contributed by atoms with Gasteiger partial charge in [0.25, 0.3) is 5.91 Å². The molecule has 150 valence electrons. The summed E-state index contributed by atoms with van der Waals surface area (Å²) in [4.78, 5) is 12.4. The molecular weight excluding hydrogens is 431 g/mol. The predicted octanol–water partition coefficient (Wildman–Crippen LogP) is 5.21. The van der Waals surface area contributed by atoms with Gasteiger partial charge in [-0.2, -0.15) is 0 Å². The van der Waals surface area contributed by atoms with Crippen molar-refractivity contribution in [3.05, 3.63) is 94.0 Å². The first-order valence-corrected chi connectivity index (χ1v) is 11.2. The second kappa shape index (κ2) is 8.86. The molecule has 0 atom stereocenters. The van der Waals surface area contributed by atoms with Crippen molar-refractivity contribution in [3.8, 4) is 0 Å². The summed E-state index contributed by atoms with van der Waals surface area (Å²) in [6.07, 6.45) is 1.16. The quantitative estimate of drug-likeness (QED) is 0.562. The van der Waals surface area contributed by atoms with Gasteiger partial charge in [-0.15, -0.1) is 0 Å². The van der Waals surface area contributed by atoms with Crippen molar-refractivity contribution in [2.75, 3.05) is 15.9 Å². The van der Waals surface area contributed by atoms with Crippen molar-refractivity contribution >= 4 is 50.5 Å². The average Bonchev–Trinajstić information content (AvgIpc) is 2.65. The average molecular weight is 449 g/mol. The summed E-state index contributed by atoms with van der Waals surface area (Å²) in [6, 6.07) is 20.4. The molecule has 0 aliphatic rings. The van der Waals surface area contributed by atoms with Gasteiger partial charge >= 0.3 is 0 Å². The zero-order chi connectivity index (χ0) is 21.0. The van der Waals surface area contributed by atoms with Crippen LogP contribution in [0.2, 0.25) is 10.0 Å². The molecule has 0 unspecified atom stereocenters. The number of carbonyl (C=O) groups excluding carboxylic acids is 1. The fourth-order valence-corrected chi connectivity index (χ4v) is 4.17. The molecule has 3 aromatic carbocycles. The van der Waals surface area contributed by atoms with Crippen LogP contribution >= 0.6 is 23.2 Å². The number of amides is 1. The molecule has 29 heavy (non-hydrogen) atoms. The Labute approximate surface area is 179 Å². The summed E-state index contributed by atoms with van der Waals surface area (Å²) in [5.41, 5.74) is 2.25. The predicted molar refractivity (Wildman–Crippen MR) is 118 cm³/mol. The minimum absolute atomic E-state index is 0.161. The first kappa shape index (κ1) is 21.2. The third-order valence-corrected chi connectivity index (χ3v) is 5.68. The van der Waals surface area contributed by atoms with Gasteiger partial charge in [0, 0.05) is 21.3 Å². The van der Waals surface area contributed by atoms with Crippen LogP contribution in [0.5, 0.6) is 0 Å². The highest BCUT2D eigenvalue weighted by atomic mass is 35.5. The van der Waals surface area contributed by atoms with Crippen molar-refractivity contribution in [1.29, 1.82) is 0 Å².